The lowest BCUT2D eigenvalue weighted by molar-refractivity contribution is 0.102. The van der Waals surface area contributed by atoms with Crippen LogP contribution in [0.25, 0.3) is 0 Å². The number of carbonyl (C=O) groups is 1. The SMILES string of the molecule is O=C(Nc1ccc(N2CCOCC2)nc1)c1ccc2c(c1)CCN2. The van der Waals surface area contributed by atoms with E-state index in [9.17, 15) is 4.79 Å². The zero-order valence-corrected chi connectivity index (χ0v) is 13.4. The summed E-state index contributed by atoms with van der Waals surface area (Å²) in [6, 6.07) is 9.61. The van der Waals surface area contributed by atoms with E-state index in [1.807, 2.05) is 30.3 Å². The van der Waals surface area contributed by atoms with Gasteiger partial charge in [-0.2, -0.15) is 0 Å². The molecule has 1 aromatic heterocycles. The second kappa shape index (κ2) is 6.49. The van der Waals surface area contributed by atoms with Crippen molar-refractivity contribution in [2.75, 3.05) is 48.4 Å². The zero-order chi connectivity index (χ0) is 16.4. The van der Waals surface area contributed by atoms with Crippen molar-refractivity contribution >= 4 is 23.1 Å². The van der Waals surface area contributed by atoms with Crippen LogP contribution in [0, 0.1) is 0 Å². The molecule has 1 amide bonds. The highest BCUT2D eigenvalue weighted by Gasteiger charge is 2.15. The Balaban J connectivity index is 1.44. The lowest BCUT2D eigenvalue weighted by Gasteiger charge is -2.27. The van der Waals surface area contributed by atoms with Crippen LogP contribution in [0.2, 0.25) is 0 Å². The van der Waals surface area contributed by atoms with Crippen LogP contribution in [0.5, 0.6) is 0 Å². The summed E-state index contributed by atoms with van der Waals surface area (Å²) in [7, 11) is 0. The van der Waals surface area contributed by atoms with Crippen LogP contribution >= 0.6 is 0 Å². The monoisotopic (exact) mass is 324 g/mol. The number of amides is 1. The predicted octanol–water partition coefficient (Wildman–Crippen LogP) is 2.14. The Kier molecular flexibility index (Phi) is 4.04. The van der Waals surface area contributed by atoms with Crippen molar-refractivity contribution in [1.29, 1.82) is 0 Å². The molecule has 1 fully saturated rings. The average Bonchev–Trinajstić information content (AvgIpc) is 3.11. The van der Waals surface area contributed by atoms with Crippen molar-refractivity contribution in [3.05, 3.63) is 47.7 Å². The third-order valence-electron chi connectivity index (χ3n) is 4.42. The first-order valence-electron chi connectivity index (χ1n) is 8.26. The number of rotatable bonds is 3. The van der Waals surface area contributed by atoms with Crippen LogP contribution in [0.1, 0.15) is 15.9 Å². The van der Waals surface area contributed by atoms with Crippen LogP contribution in [0.15, 0.2) is 36.5 Å². The Labute approximate surface area is 140 Å². The van der Waals surface area contributed by atoms with E-state index < -0.39 is 0 Å². The van der Waals surface area contributed by atoms with Gasteiger partial charge < -0.3 is 20.3 Å². The minimum atomic E-state index is -0.106. The van der Waals surface area contributed by atoms with Crippen LogP contribution in [0.3, 0.4) is 0 Å². The van der Waals surface area contributed by atoms with Gasteiger partial charge in [-0.1, -0.05) is 0 Å². The number of nitrogens with zero attached hydrogens (tertiary/aromatic N) is 2. The lowest BCUT2D eigenvalue weighted by Crippen LogP contribution is -2.36. The molecule has 24 heavy (non-hydrogen) atoms. The second-order valence-corrected chi connectivity index (χ2v) is 6.01. The van der Waals surface area contributed by atoms with Gasteiger partial charge in [0.1, 0.15) is 5.82 Å². The summed E-state index contributed by atoms with van der Waals surface area (Å²) >= 11 is 0. The van der Waals surface area contributed by atoms with Crippen LogP contribution in [-0.2, 0) is 11.2 Å². The van der Waals surface area contributed by atoms with Gasteiger partial charge in [0.15, 0.2) is 0 Å². The average molecular weight is 324 g/mol. The smallest absolute Gasteiger partial charge is 0.255 e. The van der Waals surface area contributed by atoms with Gasteiger partial charge in [0.2, 0.25) is 0 Å². The molecule has 3 heterocycles. The third kappa shape index (κ3) is 3.05. The molecular formula is C18H20N4O2. The van der Waals surface area contributed by atoms with E-state index >= 15 is 0 Å². The minimum absolute atomic E-state index is 0.106. The molecule has 6 heteroatoms. The first-order valence-corrected chi connectivity index (χ1v) is 8.26. The molecule has 2 N–H and O–H groups in total. The van der Waals surface area contributed by atoms with E-state index in [0.717, 1.165) is 50.8 Å². The molecule has 124 valence electrons. The van der Waals surface area contributed by atoms with E-state index in [0.29, 0.717) is 11.3 Å². The van der Waals surface area contributed by atoms with E-state index in [1.54, 1.807) is 6.20 Å². The third-order valence-corrected chi connectivity index (χ3v) is 4.42. The lowest BCUT2D eigenvalue weighted by atomic mass is 10.1. The topological polar surface area (TPSA) is 66.5 Å². The molecule has 0 aliphatic carbocycles. The second-order valence-electron chi connectivity index (χ2n) is 6.01. The molecule has 0 saturated carbocycles. The Morgan fingerprint density at radius 2 is 2.08 bits per heavy atom. The van der Waals surface area contributed by atoms with Gasteiger partial charge in [0, 0.05) is 30.9 Å². The van der Waals surface area contributed by atoms with Crippen molar-refractivity contribution in [3.63, 3.8) is 0 Å². The number of ether oxygens (including phenoxy) is 1. The molecule has 6 nitrogen and oxygen atoms in total. The maximum atomic E-state index is 12.4. The van der Waals surface area contributed by atoms with Crippen LogP contribution < -0.4 is 15.5 Å². The number of hydrogen-bond acceptors (Lipinski definition) is 5. The summed E-state index contributed by atoms with van der Waals surface area (Å²) in [5.41, 5.74) is 3.71. The number of benzene rings is 1. The Hall–Kier alpha value is -2.60. The Bertz CT molecular complexity index is 739. The quantitative estimate of drug-likeness (QED) is 0.905. The molecule has 4 rings (SSSR count). The molecule has 2 aliphatic heterocycles. The number of aromatic nitrogens is 1. The van der Waals surface area contributed by atoms with Crippen molar-refractivity contribution in [1.82, 2.24) is 4.98 Å². The van der Waals surface area contributed by atoms with Crippen LogP contribution in [0.4, 0.5) is 17.2 Å². The molecule has 0 unspecified atom stereocenters. The highest BCUT2D eigenvalue weighted by molar-refractivity contribution is 6.04. The molecule has 2 aliphatic rings. The van der Waals surface area contributed by atoms with Crippen molar-refractivity contribution in [3.8, 4) is 0 Å². The van der Waals surface area contributed by atoms with Gasteiger partial charge in [-0.25, -0.2) is 4.98 Å². The molecule has 0 bridgehead atoms. The number of fused-ring (bicyclic) bond motifs is 1. The van der Waals surface area contributed by atoms with Gasteiger partial charge in [-0.15, -0.1) is 0 Å². The Morgan fingerprint density at radius 3 is 2.88 bits per heavy atom. The predicted molar refractivity (Wildman–Crippen MR) is 93.9 cm³/mol. The number of hydrogen-bond donors (Lipinski definition) is 2. The maximum absolute atomic E-state index is 12.4. The summed E-state index contributed by atoms with van der Waals surface area (Å²) in [5, 5.41) is 6.21. The molecule has 1 saturated heterocycles. The molecule has 0 spiro atoms. The van der Waals surface area contributed by atoms with E-state index in [2.05, 4.69) is 20.5 Å². The fourth-order valence-corrected chi connectivity index (χ4v) is 3.09. The van der Waals surface area contributed by atoms with Gasteiger partial charge in [0.25, 0.3) is 5.91 Å². The van der Waals surface area contributed by atoms with E-state index in [4.69, 9.17) is 4.74 Å². The maximum Gasteiger partial charge on any atom is 0.255 e. The molecule has 1 aromatic carbocycles. The van der Waals surface area contributed by atoms with Gasteiger partial charge in [-0.05, 0) is 42.3 Å². The fourth-order valence-electron chi connectivity index (χ4n) is 3.09. The normalized spacial score (nSPS) is 16.4. The molecular weight excluding hydrogens is 304 g/mol. The zero-order valence-electron chi connectivity index (χ0n) is 13.4. The highest BCUT2D eigenvalue weighted by atomic mass is 16.5. The fraction of sp³-hybridized carbons (Fsp3) is 0.333. The van der Waals surface area contributed by atoms with Gasteiger partial charge >= 0.3 is 0 Å². The van der Waals surface area contributed by atoms with Crippen molar-refractivity contribution in [2.45, 2.75) is 6.42 Å². The summed E-state index contributed by atoms with van der Waals surface area (Å²) in [5.74, 6) is 0.811. The molecule has 0 atom stereocenters. The van der Waals surface area contributed by atoms with Crippen molar-refractivity contribution < 1.29 is 9.53 Å². The van der Waals surface area contributed by atoms with Crippen molar-refractivity contribution in [2.24, 2.45) is 0 Å². The molecule has 0 radical (unpaired) electrons. The van der Waals surface area contributed by atoms with E-state index in [1.165, 1.54) is 5.56 Å². The number of morpholine rings is 1. The summed E-state index contributed by atoms with van der Waals surface area (Å²) in [6.45, 7) is 4.10. The summed E-state index contributed by atoms with van der Waals surface area (Å²) in [6.07, 6.45) is 2.67. The summed E-state index contributed by atoms with van der Waals surface area (Å²) < 4.78 is 5.35. The highest BCUT2D eigenvalue weighted by Crippen LogP contribution is 2.23. The first-order chi connectivity index (χ1) is 11.8. The van der Waals surface area contributed by atoms with E-state index in [-0.39, 0.29) is 5.91 Å². The van der Waals surface area contributed by atoms with Gasteiger partial charge in [-0.3, -0.25) is 4.79 Å². The molecule has 2 aromatic rings. The minimum Gasteiger partial charge on any atom is -0.384 e. The number of carbonyl (C=O) groups excluding carboxylic acids is 1. The van der Waals surface area contributed by atoms with Crippen LogP contribution in [-0.4, -0.2) is 43.7 Å². The number of nitrogens with one attached hydrogen (secondary N) is 2. The first kappa shape index (κ1) is 15.0. The standard InChI is InChI=1S/C18H20N4O2/c23-18(14-1-3-16-13(11-14)5-6-19-16)21-15-2-4-17(20-12-15)22-7-9-24-10-8-22/h1-4,11-12,19H,5-10H2,(H,21,23). The largest absolute Gasteiger partial charge is 0.384 e. The Morgan fingerprint density at radius 1 is 1.21 bits per heavy atom. The number of anilines is 3. The van der Waals surface area contributed by atoms with Gasteiger partial charge in [0.05, 0.1) is 25.1 Å². The summed E-state index contributed by atoms with van der Waals surface area (Å²) in [4.78, 5) is 19.1. The number of pyridine rings is 1.